The third kappa shape index (κ3) is 3.08. The van der Waals surface area contributed by atoms with E-state index in [4.69, 9.17) is 6.42 Å². The van der Waals surface area contributed by atoms with Gasteiger partial charge in [-0.1, -0.05) is 12.3 Å². The summed E-state index contributed by atoms with van der Waals surface area (Å²) >= 11 is 0. The molecule has 1 aliphatic rings. The highest BCUT2D eigenvalue weighted by molar-refractivity contribution is 5.82. The summed E-state index contributed by atoms with van der Waals surface area (Å²) in [5, 5.41) is 5.93. The molecule has 3 nitrogen and oxygen atoms in total. The van der Waals surface area contributed by atoms with Crippen molar-refractivity contribution in [1.29, 1.82) is 0 Å². The summed E-state index contributed by atoms with van der Waals surface area (Å²) in [5.41, 5.74) is 0. The highest BCUT2D eigenvalue weighted by atomic mass is 16.2. The van der Waals surface area contributed by atoms with Crippen molar-refractivity contribution in [2.24, 2.45) is 0 Å². The molecule has 0 saturated carbocycles. The molecule has 1 saturated heterocycles. The van der Waals surface area contributed by atoms with Crippen LogP contribution in [0.2, 0.25) is 0 Å². The predicted octanol–water partition coefficient (Wildman–Crippen LogP) is 0.266. The van der Waals surface area contributed by atoms with Crippen molar-refractivity contribution < 1.29 is 4.79 Å². The average molecular weight is 180 g/mol. The molecule has 2 atom stereocenters. The van der Waals surface area contributed by atoms with E-state index in [2.05, 4.69) is 16.6 Å². The van der Waals surface area contributed by atoms with E-state index in [1.165, 1.54) is 0 Å². The van der Waals surface area contributed by atoms with Crippen LogP contribution in [-0.2, 0) is 4.79 Å². The number of terminal acetylenes is 1. The second-order valence-electron chi connectivity index (χ2n) is 3.40. The van der Waals surface area contributed by atoms with Crippen molar-refractivity contribution in [2.45, 2.75) is 38.3 Å². The highest BCUT2D eigenvalue weighted by Gasteiger charge is 2.20. The van der Waals surface area contributed by atoms with Crippen molar-refractivity contribution in [3.8, 4) is 12.3 Å². The minimum absolute atomic E-state index is 0.0325. The van der Waals surface area contributed by atoms with Crippen LogP contribution in [-0.4, -0.2) is 24.5 Å². The Hall–Kier alpha value is -1.01. The first-order valence-corrected chi connectivity index (χ1v) is 4.74. The van der Waals surface area contributed by atoms with Gasteiger partial charge < -0.3 is 10.6 Å². The normalized spacial score (nSPS) is 24.5. The van der Waals surface area contributed by atoms with E-state index in [0.29, 0.717) is 0 Å². The number of carbonyl (C=O) groups excluding carboxylic acids is 1. The lowest BCUT2D eigenvalue weighted by Crippen LogP contribution is -2.48. The molecular weight excluding hydrogens is 164 g/mol. The lowest BCUT2D eigenvalue weighted by molar-refractivity contribution is -0.123. The monoisotopic (exact) mass is 180 g/mol. The van der Waals surface area contributed by atoms with Crippen molar-refractivity contribution in [2.75, 3.05) is 6.54 Å². The zero-order valence-electron chi connectivity index (χ0n) is 7.97. The van der Waals surface area contributed by atoms with Gasteiger partial charge in [0, 0.05) is 0 Å². The molecule has 2 N–H and O–H groups in total. The third-order valence-electron chi connectivity index (χ3n) is 2.24. The van der Waals surface area contributed by atoms with Gasteiger partial charge >= 0.3 is 0 Å². The van der Waals surface area contributed by atoms with Crippen molar-refractivity contribution in [1.82, 2.24) is 10.6 Å². The van der Waals surface area contributed by atoms with Crippen LogP contribution in [0.4, 0.5) is 0 Å². The second kappa shape index (κ2) is 4.88. The average Bonchev–Trinajstić information content (AvgIpc) is 2.19. The van der Waals surface area contributed by atoms with Crippen LogP contribution in [0.5, 0.6) is 0 Å². The Balaban J connectivity index is 2.34. The van der Waals surface area contributed by atoms with Gasteiger partial charge in [0.2, 0.25) is 5.91 Å². The van der Waals surface area contributed by atoms with Gasteiger partial charge in [-0.2, -0.15) is 0 Å². The summed E-state index contributed by atoms with van der Waals surface area (Å²) in [6.07, 6.45) is 8.37. The number of carbonyl (C=O) groups is 1. The number of piperidine rings is 1. The van der Waals surface area contributed by atoms with E-state index >= 15 is 0 Å². The lowest BCUT2D eigenvalue weighted by atomic mass is 10.0. The molecular formula is C10H16N2O. The van der Waals surface area contributed by atoms with Gasteiger partial charge in [-0.3, -0.25) is 4.79 Å². The van der Waals surface area contributed by atoms with Crippen LogP contribution in [0.3, 0.4) is 0 Å². The first-order chi connectivity index (χ1) is 6.24. The van der Waals surface area contributed by atoms with E-state index in [-0.39, 0.29) is 18.0 Å². The maximum atomic E-state index is 11.5. The van der Waals surface area contributed by atoms with Crippen LogP contribution in [0, 0.1) is 12.3 Å². The molecule has 13 heavy (non-hydrogen) atoms. The molecule has 1 heterocycles. The molecule has 1 fully saturated rings. The lowest BCUT2D eigenvalue weighted by Gasteiger charge is -2.23. The number of hydrogen-bond donors (Lipinski definition) is 2. The zero-order chi connectivity index (χ0) is 9.68. The summed E-state index contributed by atoms with van der Waals surface area (Å²) in [6.45, 7) is 2.74. The third-order valence-corrected chi connectivity index (χ3v) is 2.24. The Bertz CT molecular complexity index is 213. The van der Waals surface area contributed by atoms with Gasteiger partial charge in [0.25, 0.3) is 0 Å². The predicted molar refractivity (Wildman–Crippen MR) is 52.1 cm³/mol. The molecule has 3 heteroatoms. The Labute approximate surface area is 79.3 Å². The minimum Gasteiger partial charge on any atom is -0.341 e. The minimum atomic E-state index is -0.170. The Morgan fingerprint density at radius 3 is 3.00 bits per heavy atom. The van der Waals surface area contributed by atoms with E-state index in [1.54, 1.807) is 6.92 Å². The first kappa shape index (κ1) is 10.1. The summed E-state index contributed by atoms with van der Waals surface area (Å²) < 4.78 is 0. The fourth-order valence-corrected chi connectivity index (χ4v) is 1.43. The standard InChI is InChI=1S/C10H16N2O/c1-3-8(2)12-10(13)9-6-4-5-7-11-9/h1,8-9,11H,4-7H2,2H3,(H,12,13)/t8?,9-/m0/s1. The van der Waals surface area contributed by atoms with Crippen LogP contribution in [0.25, 0.3) is 0 Å². The summed E-state index contributed by atoms with van der Waals surface area (Å²) in [6, 6.07) is -0.208. The second-order valence-corrected chi connectivity index (χ2v) is 3.40. The molecule has 0 radical (unpaired) electrons. The molecule has 0 aromatic heterocycles. The molecule has 0 bridgehead atoms. The molecule has 1 aliphatic heterocycles. The maximum Gasteiger partial charge on any atom is 0.238 e. The number of nitrogens with one attached hydrogen (secondary N) is 2. The van der Waals surface area contributed by atoms with Gasteiger partial charge in [-0.15, -0.1) is 6.42 Å². The molecule has 0 aromatic rings. The fraction of sp³-hybridized carbons (Fsp3) is 0.700. The molecule has 1 unspecified atom stereocenters. The molecule has 1 amide bonds. The van der Waals surface area contributed by atoms with Crippen molar-refractivity contribution >= 4 is 5.91 Å². The maximum absolute atomic E-state index is 11.5. The van der Waals surface area contributed by atoms with Crippen LogP contribution in [0.1, 0.15) is 26.2 Å². The van der Waals surface area contributed by atoms with Gasteiger partial charge in [0.15, 0.2) is 0 Å². The molecule has 72 valence electrons. The van der Waals surface area contributed by atoms with Gasteiger partial charge in [0.1, 0.15) is 0 Å². The first-order valence-electron chi connectivity index (χ1n) is 4.74. The molecule has 0 aromatic carbocycles. The Kier molecular flexibility index (Phi) is 3.78. The number of amides is 1. The van der Waals surface area contributed by atoms with Gasteiger partial charge in [-0.25, -0.2) is 0 Å². The fourth-order valence-electron chi connectivity index (χ4n) is 1.43. The van der Waals surface area contributed by atoms with Crippen LogP contribution in [0.15, 0.2) is 0 Å². The molecule has 1 rings (SSSR count). The van der Waals surface area contributed by atoms with E-state index in [1.807, 2.05) is 0 Å². The Morgan fingerprint density at radius 1 is 1.69 bits per heavy atom. The number of rotatable bonds is 2. The van der Waals surface area contributed by atoms with E-state index in [9.17, 15) is 4.79 Å². The number of hydrogen-bond acceptors (Lipinski definition) is 2. The summed E-state index contributed by atoms with van der Waals surface area (Å²) in [4.78, 5) is 11.5. The molecule has 0 spiro atoms. The topological polar surface area (TPSA) is 41.1 Å². The quantitative estimate of drug-likeness (QED) is 0.599. The van der Waals surface area contributed by atoms with Gasteiger partial charge in [-0.05, 0) is 26.3 Å². The van der Waals surface area contributed by atoms with E-state index in [0.717, 1.165) is 25.8 Å². The van der Waals surface area contributed by atoms with Crippen molar-refractivity contribution in [3.63, 3.8) is 0 Å². The SMILES string of the molecule is C#CC(C)NC(=O)[C@@H]1CCCCN1. The van der Waals surface area contributed by atoms with Gasteiger partial charge in [0.05, 0.1) is 12.1 Å². The van der Waals surface area contributed by atoms with E-state index < -0.39 is 0 Å². The Morgan fingerprint density at radius 2 is 2.46 bits per heavy atom. The van der Waals surface area contributed by atoms with Crippen LogP contribution >= 0.6 is 0 Å². The van der Waals surface area contributed by atoms with Crippen LogP contribution < -0.4 is 10.6 Å². The smallest absolute Gasteiger partial charge is 0.238 e. The van der Waals surface area contributed by atoms with Crippen molar-refractivity contribution in [3.05, 3.63) is 0 Å². The zero-order valence-corrected chi connectivity index (χ0v) is 7.97. The largest absolute Gasteiger partial charge is 0.341 e. The summed E-state index contributed by atoms with van der Waals surface area (Å²) in [7, 11) is 0. The summed E-state index contributed by atoms with van der Waals surface area (Å²) in [5.74, 6) is 2.51. The highest BCUT2D eigenvalue weighted by Crippen LogP contribution is 2.06. The molecule has 0 aliphatic carbocycles.